The summed E-state index contributed by atoms with van der Waals surface area (Å²) in [5.41, 5.74) is 0.549. The van der Waals surface area contributed by atoms with E-state index in [1.807, 2.05) is 6.92 Å². The largest absolute Gasteiger partial charge is 0.478 e. The summed E-state index contributed by atoms with van der Waals surface area (Å²) in [5, 5.41) is 11.1. The molecule has 1 amide bonds. The van der Waals surface area contributed by atoms with Crippen LogP contribution in [0.4, 0.5) is 10.1 Å². The summed E-state index contributed by atoms with van der Waals surface area (Å²) in [6, 6.07) is 4.19. The molecular formula is C15H16FNO3. The lowest BCUT2D eigenvalue weighted by atomic mass is 10.1. The van der Waals surface area contributed by atoms with E-state index in [0.717, 1.165) is 18.9 Å². The molecule has 0 bridgehead atoms. The molecule has 0 aliphatic heterocycles. The second kappa shape index (κ2) is 5.86. The molecular weight excluding hydrogens is 261 g/mol. The van der Waals surface area contributed by atoms with Crippen molar-refractivity contribution in [2.24, 2.45) is 11.8 Å². The van der Waals surface area contributed by atoms with Crippen molar-refractivity contribution in [2.75, 3.05) is 5.32 Å². The van der Waals surface area contributed by atoms with Crippen molar-refractivity contribution in [3.63, 3.8) is 0 Å². The zero-order valence-electron chi connectivity index (χ0n) is 11.1. The summed E-state index contributed by atoms with van der Waals surface area (Å²) < 4.78 is 13.8. The normalized spacial score (nSPS) is 16.1. The minimum atomic E-state index is -1.10. The molecule has 1 aromatic carbocycles. The molecule has 0 saturated heterocycles. The van der Waals surface area contributed by atoms with E-state index in [2.05, 4.69) is 5.32 Å². The number of carboxylic acid groups (broad SMARTS) is 1. The summed E-state index contributed by atoms with van der Waals surface area (Å²) in [7, 11) is 0. The van der Waals surface area contributed by atoms with E-state index in [0.29, 0.717) is 11.5 Å². The maximum absolute atomic E-state index is 13.8. The first-order chi connectivity index (χ1) is 9.47. The molecule has 1 aromatic rings. The van der Waals surface area contributed by atoms with Crippen LogP contribution in [0.1, 0.15) is 25.3 Å². The van der Waals surface area contributed by atoms with Gasteiger partial charge in [-0.25, -0.2) is 9.18 Å². The van der Waals surface area contributed by atoms with Crippen molar-refractivity contribution >= 4 is 23.6 Å². The molecule has 2 rings (SSSR count). The van der Waals surface area contributed by atoms with Crippen LogP contribution in [0.3, 0.4) is 0 Å². The van der Waals surface area contributed by atoms with E-state index in [1.54, 1.807) is 6.07 Å². The van der Waals surface area contributed by atoms with Crippen molar-refractivity contribution in [2.45, 2.75) is 19.8 Å². The number of rotatable bonds is 5. The number of carboxylic acids is 1. The van der Waals surface area contributed by atoms with Gasteiger partial charge in [0.05, 0.1) is 5.69 Å². The highest BCUT2D eigenvalue weighted by atomic mass is 19.1. The molecule has 0 aromatic heterocycles. The fourth-order valence-electron chi connectivity index (χ4n) is 1.96. The molecule has 5 heteroatoms. The fourth-order valence-corrected chi connectivity index (χ4v) is 1.96. The number of benzene rings is 1. The van der Waals surface area contributed by atoms with Gasteiger partial charge in [0.1, 0.15) is 5.82 Å². The average molecular weight is 277 g/mol. The number of carbonyl (C=O) groups excluding carboxylic acids is 1. The van der Waals surface area contributed by atoms with E-state index in [4.69, 9.17) is 5.11 Å². The minimum Gasteiger partial charge on any atom is -0.478 e. The maximum Gasteiger partial charge on any atom is 0.328 e. The lowest BCUT2D eigenvalue weighted by Crippen LogP contribution is -2.22. The average Bonchev–Trinajstić information content (AvgIpc) is 3.22. The van der Waals surface area contributed by atoms with Gasteiger partial charge in [-0.1, -0.05) is 13.0 Å². The van der Waals surface area contributed by atoms with Gasteiger partial charge in [0.15, 0.2) is 0 Å². The van der Waals surface area contributed by atoms with E-state index < -0.39 is 11.8 Å². The van der Waals surface area contributed by atoms with Crippen molar-refractivity contribution < 1.29 is 19.1 Å². The number of anilines is 1. The van der Waals surface area contributed by atoms with E-state index in [-0.39, 0.29) is 17.5 Å². The summed E-state index contributed by atoms with van der Waals surface area (Å²) in [5.74, 6) is -1.55. The Morgan fingerprint density at radius 3 is 2.70 bits per heavy atom. The standard InChI is InChI=1S/C15H16FNO3/c1-9(11-4-5-11)15(20)17-13-6-2-10(8-12(13)16)3-7-14(18)19/h2-3,6-9,11H,4-5H2,1H3,(H,17,20)(H,18,19)/b7-3+. The minimum absolute atomic E-state index is 0.110. The molecule has 1 atom stereocenters. The zero-order chi connectivity index (χ0) is 14.7. The third kappa shape index (κ3) is 3.66. The molecule has 1 aliphatic rings. The van der Waals surface area contributed by atoms with Crippen LogP contribution in [0.15, 0.2) is 24.3 Å². The summed E-state index contributed by atoms with van der Waals surface area (Å²) >= 11 is 0. The molecule has 4 nitrogen and oxygen atoms in total. The van der Waals surface area contributed by atoms with Crippen molar-refractivity contribution in [1.82, 2.24) is 0 Å². The summed E-state index contributed by atoms with van der Waals surface area (Å²) in [6.45, 7) is 1.84. The highest BCUT2D eigenvalue weighted by molar-refractivity contribution is 5.93. The van der Waals surface area contributed by atoms with Crippen LogP contribution < -0.4 is 5.32 Å². The van der Waals surface area contributed by atoms with Crippen LogP contribution in [-0.4, -0.2) is 17.0 Å². The number of hydrogen-bond donors (Lipinski definition) is 2. The molecule has 0 spiro atoms. The Labute approximate surface area is 116 Å². The molecule has 1 unspecified atom stereocenters. The fraction of sp³-hybridized carbons (Fsp3) is 0.333. The van der Waals surface area contributed by atoms with Gasteiger partial charge in [-0.05, 0) is 42.5 Å². The smallest absolute Gasteiger partial charge is 0.328 e. The first-order valence-corrected chi connectivity index (χ1v) is 6.49. The lowest BCUT2D eigenvalue weighted by molar-refractivity contribution is -0.131. The number of hydrogen-bond acceptors (Lipinski definition) is 2. The van der Waals surface area contributed by atoms with Crippen molar-refractivity contribution in [3.8, 4) is 0 Å². The predicted octanol–water partition coefficient (Wildman–Crippen LogP) is 2.91. The molecule has 20 heavy (non-hydrogen) atoms. The number of carbonyl (C=O) groups is 2. The molecule has 1 fully saturated rings. The van der Waals surface area contributed by atoms with Crippen LogP contribution in [0.25, 0.3) is 6.08 Å². The molecule has 2 N–H and O–H groups in total. The Morgan fingerprint density at radius 2 is 2.15 bits per heavy atom. The Kier molecular flexibility index (Phi) is 4.17. The third-order valence-corrected chi connectivity index (χ3v) is 3.41. The number of amides is 1. The first kappa shape index (κ1) is 14.2. The maximum atomic E-state index is 13.8. The Bertz CT molecular complexity index is 564. The van der Waals surface area contributed by atoms with Crippen molar-refractivity contribution in [3.05, 3.63) is 35.7 Å². The van der Waals surface area contributed by atoms with Crippen LogP contribution in [0.2, 0.25) is 0 Å². The van der Waals surface area contributed by atoms with Gasteiger partial charge < -0.3 is 10.4 Å². The Hall–Kier alpha value is -2.17. The quantitative estimate of drug-likeness (QED) is 0.813. The highest BCUT2D eigenvalue weighted by Gasteiger charge is 2.32. The molecule has 0 heterocycles. The Morgan fingerprint density at radius 1 is 1.45 bits per heavy atom. The van der Waals surface area contributed by atoms with Gasteiger partial charge in [-0.15, -0.1) is 0 Å². The van der Waals surface area contributed by atoms with Gasteiger partial charge in [-0.3, -0.25) is 4.79 Å². The van der Waals surface area contributed by atoms with E-state index in [9.17, 15) is 14.0 Å². The highest BCUT2D eigenvalue weighted by Crippen LogP contribution is 2.37. The number of nitrogens with one attached hydrogen (secondary N) is 1. The summed E-state index contributed by atoms with van der Waals surface area (Å²) in [4.78, 5) is 22.3. The Balaban J connectivity index is 2.05. The monoisotopic (exact) mass is 277 g/mol. The van der Waals surface area contributed by atoms with E-state index >= 15 is 0 Å². The first-order valence-electron chi connectivity index (χ1n) is 6.49. The number of aliphatic carboxylic acids is 1. The van der Waals surface area contributed by atoms with E-state index in [1.165, 1.54) is 18.2 Å². The van der Waals surface area contributed by atoms with Gasteiger partial charge in [0, 0.05) is 12.0 Å². The zero-order valence-corrected chi connectivity index (χ0v) is 11.1. The van der Waals surface area contributed by atoms with Crippen LogP contribution >= 0.6 is 0 Å². The second-order valence-corrected chi connectivity index (χ2v) is 5.03. The van der Waals surface area contributed by atoms with Crippen LogP contribution in [0, 0.1) is 17.7 Å². The molecule has 1 aliphatic carbocycles. The molecule has 106 valence electrons. The van der Waals surface area contributed by atoms with Crippen LogP contribution in [0.5, 0.6) is 0 Å². The van der Waals surface area contributed by atoms with Crippen molar-refractivity contribution in [1.29, 1.82) is 0 Å². The topological polar surface area (TPSA) is 66.4 Å². The third-order valence-electron chi connectivity index (χ3n) is 3.41. The summed E-state index contributed by atoms with van der Waals surface area (Å²) in [6.07, 6.45) is 4.33. The molecule has 1 saturated carbocycles. The van der Waals surface area contributed by atoms with Gasteiger partial charge in [0.25, 0.3) is 0 Å². The van der Waals surface area contributed by atoms with Crippen LogP contribution in [-0.2, 0) is 9.59 Å². The molecule has 0 radical (unpaired) electrons. The van der Waals surface area contributed by atoms with Gasteiger partial charge in [-0.2, -0.15) is 0 Å². The lowest BCUT2D eigenvalue weighted by Gasteiger charge is -2.12. The van der Waals surface area contributed by atoms with Gasteiger partial charge >= 0.3 is 5.97 Å². The number of halogens is 1. The SMILES string of the molecule is CC(C(=O)Nc1ccc(/C=C/C(=O)O)cc1F)C1CC1. The second-order valence-electron chi connectivity index (χ2n) is 5.03. The van der Waals surface area contributed by atoms with Gasteiger partial charge in [0.2, 0.25) is 5.91 Å². The predicted molar refractivity (Wildman–Crippen MR) is 73.6 cm³/mol.